The quantitative estimate of drug-likeness (QED) is 0.579. The van der Waals surface area contributed by atoms with Crippen molar-refractivity contribution < 1.29 is 0 Å². The number of hydrogen-bond acceptors (Lipinski definition) is 0. The first kappa shape index (κ1) is 9.09. The van der Waals surface area contributed by atoms with Gasteiger partial charge in [0, 0.05) is 0 Å². The molecule has 0 bridgehead atoms. The van der Waals surface area contributed by atoms with Crippen LogP contribution in [0.4, 0.5) is 0 Å². The highest BCUT2D eigenvalue weighted by Crippen LogP contribution is 2.42. The summed E-state index contributed by atoms with van der Waals surface area (Å²) in [6.07, 6.45) is 7.25. The molecule has 66 valence electrons. The molecule has 0 heterocycles. The highest BCUT2D eigenvalue weighted by Gasteiger charge is 2.31. The zero-order valence-electron chi connectivity index (χ0n) is 8.27. The molecule has 0 aliphatic heterocycles. The molecule has 0 amide bonds. The fraction of sp³-hybridized carbons (Fsp3) is 1.00. The van der Waals surface area contributed by atoms with Gasteiger partial charge in [-0.2, -0.15) is 0 Å². The second-order valence-corrected chi connectivity index (χ2v) is 3.99. The van der Waals surface area contributed by atoms with Crippen molar-refractivity contribution in [2.75, 3.05) is 0 Å². The first-order valence-corrected chi connectivity index (χ1v) is 5.33. The molecule has 0 saturated heterocycles. The first-order valence-electron chi connectivity index (χ1n) is 5.33. The molecule has 0 N–H and O–H groups in total. The van der Waals surface area contributed by atoms with Crippen molar-refractivity contribution in [2.45, 2.75) is 52.9 Å². The van der Waals surface area contributed by atoms with E-state index >= 15 is 0 Å². The van der Waals surface area contributed by atoms with Crippen molar-refractivity contribution in [3.63, 3.8) is 0 Å². The molecule has 1 fully saturated rings. The maximum Gasteiger partial charge on any atom is -0.0360 e. The van der Waals surface area contributed by atoms with Crippen molar-refractivity contribution in [3.8, 4) is 0 Å². The predicted molar refractivity (Wildman–Crippen MR) is 50.6 cm³/mol. The largest absolute Gasteiger partial charge is 0.0651 e. The van der Waals surface area contributed by atoms with Gasteiger partial charge in [-0.05, 0) is 30.6 Å². The van der Waals surface area contributed by atoms with Gasteiger partial charge in [-0.1, -0.05) is 40.0 Å². The molecule has 1 rings (SSSR count). The molecule has 0 aromatic carbocycles. The molecule has 11 heavy (non-hydrogen) atoms. The van der Waals surface area contributed by atoms with E-state index in [-0.39, 0.29) is 0 Å². The average Bonchev–Trinajstić information content (AvgIpc) is 2.45. The standard InChI is InChI=1S/C11H22/c1-4-9-7-8-10(5-2)11(9)6-3/h9-11H,4-8H2,1-3H3. The minimum absolute atomic E-state index is 1.06. The molecule has 0 spiro atoms. The third-order valence-electron chi connectivity index (χ3n) is 3.64. The van der Waals surface area contributed by atoms with Gasteiger partial charge >= 0.3 is 0 Å². The Labute approximate surface area is 71.4 Å². The van der Waals surface area contributed by atoms with Crippen molar-refractivity contribution >= 4 is 0 Å². The highest BCUT2D eigenvalue weighted by atomic mass is 14.4. The lowest BCUT2D eigenvalue weighted by Crippen LogP contribution is -2.12. The van der Waals surface area contributed by atoms with Gasteiger partial charge in [0.15, 0.2) is 0 Å². The van der Waals surface area contributed by atoms with Gasteiger partial charge in [0.25, 0.3) is 0 Å². The van der Waals surface area contributed by atoms with E-state index in [1.54, 1.807) is 0 Å². The van der Waals surface area contributed by atoms with E-state index in [1.165, 1.54) is 32.1 Å². The Morgan fingerprint density at radius 1 is 0.818 bits per heavy atom. The highest BCUT2D eigenvalue weighted by molar-refractivity contribution is 4.82. The Morgan fingerprint density at radius 2 is 1.27 bits per heavy atom. The van der Waals surface area contributed by atoms with Crippen LogP contribution in [0, 0.1) is 17.8 Å². The second-order valence-electron chi connectivity index (χ2n) is 3.99. The van der Waals surface area contributed by atoms with Crippen LogP contribution in [0.5, 0.6) is 0 Å². The van der Waals surface area contributed by atoms with Gasteiger partial charge in [0.2, 0.25) is 0 Å². The Hall–Kier alpha value is 0. The summed E-state index contributed by atoms with van der Waals surface area (Å²) in [5, 5.41) is 0. The van der Waals surface area contributed by atoms with E-state index in [9.17, 15) is 0 Å². The van der Waals surface area contributed by atoms with Crippen molar-refractivity contribution in [1.82, 2.24) is 0 Å². The Morgan fingerprint density at radius 3 is 1.55 bits per heavy atom. The lowest BCUT2D eigenvalue weighted by molar-refractivity contribution is 0.289. The van der Waals surface area contributed by atoms with E-state index in [0.717, 1.165) is 17.8 Å². The normalized spacial score (nSPS) is 37.9. The summed E-state index contributed by atoms with van der Waals surface area (Å²) in [5.74, 6) is 3.18. The fourth-order valence-electron chi connectivity index (χ4n) is 2.92. The molecule has 1 saturated carbocycles. The monoisotopic (exact) mass is 154 g/mol. The molecular weight excluding hydrogens is 132 g/mol. The summed E-state index contributed by atoms with van der Waals surface area (Å²) < 4.78 is 0. The van der Waals surface area contributed by atoms with Gasteiger partial charge in [0.05, 0.1) is 0 Å². The summed E-state index contributed by atoms with van der Waals surface area (Å²) >= 11 is 0. The molecule has 0 heteroatoms. The minimum Gasteiger partial charge on any atom is -0.0651 e. The average molecular weight is 154 g/mol. The van der Waals surface area contributed by atoms with Crippen LogP contribution in [0.2, 0.25) is 0 Å². The van der Waals surface area contributed by atoms with E-state index < -0.39 is 0 Å². The minimum atomic E-state index is 1.06. The topological polar surface area (TPSA) is 0 Å². The molecule has 0 radical (unpaired) electrons. The van der Waals surface area contributed by atoms with Crippen LogP contribution < -0.4 is 0 Å². The third kappa shape index (κ3) is 1.77. The van der Waals surface area contributed by atoms with Gasteiger partial charge in [-0.3, -0.25) is 0 Å². The third-order valence-corrected chi connectivity index (χ3v) is 3.64. The van der Waals surface area contributed by atoms with E-state index in [1.807, 2.05) is 0 Å². The summed E-state index contributed by atoms with van der Waals surface area (Å²) in [5.41, 5.74) is 0. The molecular formula is C11H22. The molecule has 2 unspecified atom stereocenters. The van der Waals surface area contributed by atoms with Gasteiger partial charge < -0.3 is 0 Å². The maximum absolute atomic E-state index is 2.36. The predicted octanol–water partition coefficient (Wildman–Crippen LogP) is 3.86. The Bertz CT molecular complexity index is 94.6. The maximum atomic E-state index is 2.36. The van der Waals surface area contributed by atoms with Gasteiger partial charge in [-0.15, -0.1) is 0 Å². The molecule has 0 aromatic rings. The molecule has 1 aliphatic rings. The molecule has 1 aliphatic carbocycles. The summed E-state index contributed by atoms with van der Waals surface area (Å²) in [6, 6.07) is 0. The smallest absolute Gasteiger partial charge is 0.0360 e. The van der Waals surface area contributed by atoms with Crippen LogP contribution >= 0.6 is 0 Å². The molecule has 0 nitrogen and oxygen atoms in total. The number of hydrogen-bond donors (Lipinski definition) is 0. The lowest BCUT2D eigenvalue weighted by atomic mass is 9.85. The van der Waals surface area contributed by atoms with Gasteiger partial charge in [0.1, 0.15) is 0 Å². The van der Waals surface area contributed by atoms with Crippen molar-refractivity contribution in [1.29, 1.82) is 0 Å². The second kappa shape index (κ2) is 4.13. The Balaban J connectivity index is 2.48. The van der Waals surface area contributed by atoms with E-state index in [2.05, 4.69) is 20.8 Å². The zero-order chi connectivity index (χ0) is 8.27. The van der Waals surface area contributed by atoms with Crippen LogP contribution in [0.15, 0.2) is 0 Å². The van der Waals surface area contributed by atoms with Crippen LogP contribution in [-0.2, 0) is 0 Å². The lowest BCUT2D eigenvalue weighted by Gasteiger charge is -2.21. The summed E-state index contributed by atoms with van der Waals surface area (Å²) in [4.78, 5) is 0. The SMILES string of the molecule is CCC1CCC(CC)C1CC. The van der Waals surface area contributed by atoms with Crippen molar-refractivity contribution in [2.24, 2.45) is 17.8 Å². The van der Waals surface area contributed by atoms with Crippen LogP contribution in [0.1, 0.15) is 52.9 Å². The summed E-state index contributed by atoms with van der Waals surface area (Å²) in [6.45, 7) is 7.07. The van der Waals surface area contributed by atoms with E-state index in [4.69, 9.17) is 0 Å². The first-order chi connectivity index (χ1) is 5.33. The van der Waals surface area contributed by atoms with E-state index in [0.29, 0.717) is 0 Å². The zero-order valence-corrected chi connectivity index (χ0v) is 8.27. The molecule has 2 atom stereocenters. The fourth-order valence-corrected chi connectivity index (χ4v) is 2.92. The van der Waals surface area contributed by atoms with Crippen LogP contribution in [0.25, 0.3) is 0 Å². The Kier molecular flexibility index (Phi) is 3.42. The van der Waals surface area contributed by atoms with Crippen LogP contribution in [-0.4, -0.2) is 0 Å². The van der Waals surface area contributed by atoms with Crippen LogP contribution in [0.3, 0.4) is 0 Å². The van der Waals surface area contributed by atoms with Crippen molar-refractivity contribution in [3.05, 3.63) is 0 Å². The van der Waals surface area contributed by atoms with Gasteiger partial charge in [-0.25, -0.2) is 0 Å². The number of rotatable bonds is 3. The summed E-state index contributed by atoms with van der Waals surface area (Å²) in [7, 11) is 0. The molecule has 0 aromatic heterocycles.